The number of anilines is 2. The van der Waals surface area contributed by atoms with Gasteiger partial charge in [0.15, 0.2) is 0 Å². The standard InChI is InChI=1S/C22H25ClFN/c1-17(10-11-18-6-3-2-4-7-18)25(21-14-12-19(23)13-15-21)22-9-5-8-20(24)16-22/h5,8-9,12-16,18H,1-4,6-7,10-11H2. The van der Waals surface area contributed by atoms with Gasteiger partial charge in [0.2, 0.25) is 0 Å². The molecule has 1 fully saturated rings. The summed E-state index contributed by atoms with van der Waals surface area (Å²) in [5.41, 5.74) is 2.76. The van der Waals surface area contributed by atoms with Crippen LogP contribution in [0, 0.1) is 11.7 Å². The fourth-order valence-corrected chi connectivity index (χ4v) is 3.80. The Morgan fingerprint density at radius 2 is 1.76 bits per heavy atom. The summed E-state index contributed by atoms with van der Waals surface area (Å²) in [5.74, 6) is 0.557. The number of halogens is 2. The fraction of sp³-hybridized carbons (Fsp3) is 0.364. The summed E-state index contributed by atoms with van der Waals surface area (Å²) in [6, 6.07) is 14.3. The molecule has 1 nitrogen and oxygen atoms in total. The van der Waals surface area contributed by atoms with Crippen LogP contribution < -0.4 is 4.90 Å². The molecule has 0 saturated heterocycles. The molecule has 0 aromatic heterocycles. The Morgan fingerprint density at radius 3 is 2.44 bits per heavy atom. The van der Waals surface area contributed by atoms with Crippen LogP contribution in [0.2, 0.25) is 5.02 Å². The van der Waals surface area contributed by atoms with Crippen LogP contribution in [0.5, 0.6) is 0 Å². The fourth-order valence-electron chi connectivity index (χ4n) is 3.68. The zero-order valence-electron chi connectivity index (χ0n) is 14.6. The number of hydrogen-bond acceptors (Lipinski definition) is 1. The van der Waals surface area contributed by atoms with E-state index in [2.05, 4.69) is 6.58 Å². The van der Waals surface area contributed by atoms with E-state index in [0.717, 1.165) is 35.8 Å². The van der Waals surface area contributed by atoms with Gasteiger partial charge in [-0.2, -0.15) is 0 Å². The summed E-state index contributed by atoms with van der Waals surface area (Å²) in [5, 5.41) is 0.691. The third-order valence-electron chi connectivity index (χ3n) is 5.03. The molecule has 1 aliphatic rings. The zero-order valence-corrected chi connectivity index (χ0v) is 15.3. The molecule has 0 atom stereocenters. The van der Waals surface area contributed by atoms with Crippen molar-refractivity contribution in [2.24, 2.45) is 5.92 Å². The average Bonchev–Trinajstić information content (AvgIpc) is 2.63. The maximum Gasteiger partial charge on any atom is 0.125 e. The minimum Gasteiger partial charge on any atom is -0.315 e. The second-order valence-corrected chi connectivity index (χ2v) is 7.34. The van der Waals surface area contributed by atoms with E-state index in [1.807, 2.05) is 35.2 Å². The van der Waals surface area contributed by atoms with Crippen molar-refractivity contribution < 1.29 is 4.39 Å². The molecule has 0 unspecified atom stereocenters. The van der Waals surface area contributed by atoms with Gasteiger partial charge in [-0.05, 0) is 61.2 Å². The minimum atomic E-state index is -0.239. The van der Waals surface area contributed by atoms with E-state index >= 15 is 0 Å². The summed E-state index contributed by atoms with van der Waals surface area (Å²) in [7, 11) is 0. The molecule has 0 amide bonds. The highest BCUT2D eigenvalue weighted by Gasteiger charge is 2.17. The molecule has 0 N–H and O–H groups in total. The van der Waals surface area contributed by atoms with Crippen molar-refractivity contribution in [2.45, 2.75) is 44.9 Å². The van der Waals surface area contributed by atoms with Crippen LogP contribution in [0.3, 0.4) is 0 Å². The van der Waals surface area contributed by atoms with E-state index in [-0.39, 0.29) is 5.82 Å². The van der Waals surface area contributed by atoms with Crippen molar-refractivity contribution in [3.8, 4) is 0 Å². The third kappa shape index (κ3) is 4.85. The molecule has 132 valence electrons. The lowest BCUT2D eigenvalue weighted by atomic mass is 9.86. The topological polar surface area (TPSA) is 3.24 Å². The Bertz CT molecular complexity index is 704. The molecule has 0 bridgehead atoms. The Hall–Kier alpha value is -1.80. The van der Waals surface area contributed by atoms with Crippen molar-refractivity contribution in [3.05, 3.63) is 71.6 Å². The molecule has 0 spiro atoms. The van der Waals surface area contributed by atoms with E-state index in [1.54, 1.807) is 12.1 Å². The van der Waals surface area contributed by atoms with Gasteiger partial charge in [0.05, 0.1) is 0 Å². The highest BCUT2D eigenvalue weighted by molar-refractivity contribution is 6.30. The molecule has 0 aliphatic heterocycles. The summed E-state index contributed by atoms with van der Waals surface area (Å²) < 4.78 is 13.8. The summed E-state index contributed by atoms with van der Waals surface area (Å²) in [6.07, 6.45) is 8.80. The van der Waals surface area contributed by atoms with Crippen LogP contribution in [-0.2, 0) is 0 Å². The lowest BCUT2D eigenvalue weighted by Crippen LogP contribution is -2.17. The zero-order chi connectivity index (χ0) is 17.6. The Morgan fingerprint density at radius 1 is 1.04 bits per heavy atom. The normalized spacial score (nSPS) is 15.1. The number of allylic oxidation sites excluding steroid dienone is 1. The van der Waals surface area contributed by atoms with E-state index in [1.165, 1.54) is 38.2 Å². The van der Waals surface area contributed by atoms with Gasteiger partial charge in [-0.15, -0.1) is 0 Å². The smallest absolute Gasteiger partial charge is 0.125 e. The van der Waals surface area contributed by atoms with Gasteiger partial charge in [-0.3, -0.25) is 0 Å². The van der Waals surface area contributed by atoms with E-state index in [0.29, 0.717) is 5.02 Å². The largest absolute Gasteiger partial charge is 0.315 e. The Labute approximate surface area is 155 Å². The SMILES string of the molecule is C=C(CCC1CCCCC1)N(c1ccc(Cl)cc1)c1cccc(F)c1. The van der Waals surface area contributed by atoms with Crippen molar-refractivity contribution in [3.63, 3.8) is 0 Å². The molecule has 0 heterocycles. The third-order valence-corrected chi connectivity index (χ3v) is 5.29. The summed E-state index contributed by atoms with van der Waals surface area (Å²) in [6.45, 7) is 4.31. The average molecular weight is 358 g/mol. The second-order valence-electron chi connectivity index (χ2n) is 6.90. The van der Waals surface area contributed by atoms with Gasteiger partial charge in [0.25, 0.3) is 0 Å². The maximum absolute atomic E-state index is 13.8. The van der Waals surface area contributed by atoms with Gasteiger partial charge in [-0.1, -0.05) is 56.4 Å². The molecule has 1 aliphatic carbocycles. The maximum atomic E-state index is 13.8. The van der Waals surface area contributed by atoms with Crippen LogP contribution in [0.15, 0.2) is 60.8 Å². The Balaban J connectivity index is 1.80. The molecule has 1 saturated carbocycles. The van der Waals surface area contributed by atoms with Crippen molar-refractivity contribution in [2.75, 3.05) is 4.90 Å². The first kappa shape index (κ1) is 18.0. The van der Waals surface area contributed by atoms with E-state index in [9.17, 15) is 4.39 Å². The molecule has 2 aromatic rings. The quantitative estimate of drug-likeness (QED) is 0.517. The highest BCUT2D eigenvalue weighted by Crippen LogP contribution is 2.34. The second kappa shape index (κ2) is 8.53. The van der Waals surface area contributed by atoms with Crippen LogP contribution in [0.25, 0.3) is 0 Å². The highest BCUT2D eigenvalue weighted by atomic mass is 35.5. The molecule has 0 radical (unpaired) electrons. The predicted molar refractivity (Wildman–Crippen MR) is 105 cm³/mol. The first-order chi connectivity index (χ1) is 12.1. The monoisotopic (exact) mass is 357 g/mol. The van der Waals surface area contributed by atoms with E-state index < -0.39 is 0 Å². The molecule has 3 rings (SSSR count). The Kier molecular flexibility index (Phi) is 6.14. The van der Waals surface area contributed by atoms with E-state index in [4.69, 9.17) is 11.6 Å². The number of benzene rings is 2. The van der Waals surface area contributed by atoms with Crippen LogP contribution in [-0.4, -0.2) is 0 Å². The first-order valence-corrected chi connectivity index (χ1v) is 9.50. The number of hydrogen-bond donors (Lipinski definition) is 0. The van der Waals surface area contributed by atoms with Gasteiger partial charge >= 0.3 is 0 Å². The number of rotatable bonds is 6. The van der Waals surface area contributed by atoms with Crippen LogP contribution in [0.4, 0.5) is 15.8 Å². The van der Waals surface area contributed by atoms with Gasteiger partial charge < -0.3 is 4.90 Å². The lowest BCUT2D eigenvalue weighted by molar-refractivity contribution is 0.339. The van der Waals surface area contributed by atoms with Gasteiger partial charge in [-0.25, -0.2) is 4.39 Å². The van der Waals surface area contributed by atoms with Gasteiger partial charge in [0.1, 0.15) is 5.82 Å². The molecular formula is C22H25ClFN. The van der Waals surface area contributed by atoms with Crippen LogP contribution in [0.1, 0.15) is 44.9 Å². The summed E-state index contributed by atoms with van der Waals surface area (Å²) in [4.78, 5) is 2.04. The summed E-state index contributed by atoms with van der Waals surface area (Å²) >= 11 is 6.03. The van der Waals surface area contributed by atoms with Crippen LogP contribution >= 0.6 is 11.6 Å². The first-order valence-electron chi connectivity index (χ1n) is 9.12. The minimum absolute atomic E-state index is 0.239. The van der Waals surface area contributed by atoms with Gasteiger partial charge in [0, 0.05) is 22.1 Å². The predicted octanol–water partition coefficient (Wildman–Crippen LogP) is 7.49. The molecular weight excluding hydrogens is 333 g/mol. The molecule has 2 aromatic carbocycles. The molecule has 3 heteroatoms. The molecule has 25 heavy (non-hydrogen) atoms. The number of nitrogens with zero attached hydrogens (tertiary/aromatic N) is 1. The van der Waals surface area contributed by atoms with Crippen molar-refractivity contribution in [1.82, 2.24) is 0 Å². The van der Waals surface area contributed by atoms with Crippen molar-refractivity contribution in [1.29, 1.82) is 0 Å². The lowest BCUT2D eigenvalue weighted by Gasteiger charge is -2.29. The van der Waals surface area contributed by atoms with Crippen molar-refractivity contribution >= 4 is 23.0 Å².